The molecule has 1 aromatic carbocycles. The van der Waals surface area contributed by atoms with E-state index in [0.29, 0.717) is 5.56 Å². The lowest BCUT2D eigenvalue weighted by molar-refractivity contribution is -0.0506. The topological polar surface area (TPSA) is 65.1 Å². The van der Waals surface area contributed by atoms with Crippen LogP contribution in [0.25, 0.3) is 0 Å². The zero-order valence-corrected chi connectivity index (χ0v) is 11.7. The summed E-state index contributed by atoms with van der Waals surface area (Å²) < 4.78 is 31.4. The van der Waals surface area contributed by atoms with Crippen LogP contribution in [0.2, 0.25) is 0 Å². The zero-order chi connectivity index (χ0) is 15.2. The first kappa shape index (κ1) is 15.4. The summed E-state index contributed by atoms with van der Waals surface area (Å²) in [4.78, 5) is 0. The number of halogens is 2. The summed E-state index contributed by atoms with van der Waals surface area (Å²) in [6.07, 6.45) is 2.56. The van der Waals surface area contributed by atoms with Crippen molar-refractivity contribution in [3.05, 3.63) is 47.8 Å². The van der Waals surface area contributed by atoms with Crippen LogP contribution < -0.4 is 16.0 Å². The molecule has 0 spiro atoms. The highest BCUT2D eigenvalue weighted by molar-refractivity contribution is 5.39. The van der Waals surface area contributed by atoms with Crippen molar-refractivity contribution in [1.82, 2.24) is 15.2 Å². The first-order valence-electron chi connectivity index (χ1n) is 6.69. The predicted molar refractivity (Wildman–Crippen MR) is 74.8 cm³/mol. The molecule has 0 amide bonds. The zero-order valence-electron chi connectivity index (χ0n) is 11.7. The van der Waals surface area contributed by atoms with Gasteiger partial charge < -0.3 is 4.74 Å². The molecule has 0 saturated carbocycles. The first-order chi connectivity index (χ1) is 10.2. The van der Waals surface area contributed by atoms with E-state index in [4.69, 9.17) is 5.84 Å². The Morgan fingerprint density at radius 3 is 2.76 bits per heavy atom. The number of rotatable bonds is 7. The van der Waals surface area contributed by atoms with Crippen LogP contribution in [0, 0.1) is 0 Å². The Kier molecular flexibility index (Phi) is 5.24. The molecule has 0 aliphatic heterocycles. The average molecular weight is 296 g/mol. The summed E-state index contributed by atoms with van der Waals surface area (Å²) in [7, 11) is 0. The molecule has 1 atom stereocenters. The maximum Gasteiger partial charge on any atom is 0.387 e. The van der Waals surface area contributed by atoms with Crippen LogP contribution in [0.4, 0.5) is 8.78 Å². The molecule has 114 valence electrons. The third-order valence-corrected chi connectivity index (χ3v) is 3.09. The Morgan fingerprint density at radius 1 is 1.33 bits per heavy atom. The quantitative estimate of drug-likeness (QED) is 0.608. The van der Waals surface area contributed by atoms with E-state index in [1.54, 1.807) is 35.1 Å². The molecule has 1 unspecified atom stereocenters. The number of hydrogen-bond acceptors (Lipinski definition) is 4. The Bertz CT molecular complexity index is 574. The summed E-state index contributed by atoms with van der Waals surface area (Å²) in [5, 5.41) is 4.22. The van der Waals surface area contributed by atoms with Gasteiger partial charge in [-0.05, 0) is 18.6 Å². The molecule has 21 heavy (non-hydrogen) atoms. The highest BCUT2D eigenvalue weighted by atomic mass is 19.3. The van der Waals surface area contributed by atoms with Crippen molar-refractivity contribution in [3.8, 4) is 5.75 Å². The van der Waals surface area contributed by atoms with Crippen molar-refractivity contribution in [2.45, 2.75) is 32.5 Å². The molecule has 7 heteroatoms. The van der Waals surface area contributed by atoms with Gasteiger partial charge in [-0.15, -0.1) is 0 Å². The highest BCUT2D eigenvalue weighted by Gasteiger charge is 2.21. The molecule has 0 aliphatic rings. The number of nitrogens with zero attached hydrogens (tertiary/aromatic N) is 2. The molecular weight excluding hydrogens is 278 g/mol. The van der Waals surface area contributed by atoms with Crippen LogP contribution in [0.5, 0.6) is 5.75 Å². The third-order valence-electron chi connectivity index (χ3n) is 3.09. The Labute approximate surface area is 121 Å². The van der Waals surface area contributed by atoms with Crippen molar-refractivity contribution in [2.75, 3.05) is 0 Å². The average Bonchev–Trinajstić information content (AvgIpc) is 2.90. The second-order valence-electron chi connectivity index (χ2n) is 4.50. The van der Waals surface area contributed by atoms with Crippen LogP contribution in [-0.2, 0) is 6.54 Å². The van der Waals surface area contributed by atoms with Crippen LogP contribution in [0.3, 0.4) is 0 Å². The molecule has 2 rings (SSSR count). The molecule has 3 N–H and O–H groups in total. The minimum absolute atomic E-state index is 0.0969. The maximum absolute atomic E-state index is 12.5. The van der Waals surface area contributed by atoms with E-state index in [2.05, 4.69) is 15.3 Å². The van der Waals surface area contributed by atoms with Crippen molar-refractivity contribution in [2.24, 2.45) is 5.84 Å². The molecular formula is C14H18F2N4O. The first-order valence-corrected chi connectivity index (χ1v) is 6.69. The highest BCUT2D eigenvalue weighted by Crippen LogP contribution is 2.30. The lowest BCUT2D eigenvalue weighted by Crippen LogP contribution is -2.31. The van der Waals surface area contributed by atoms with Gasteiger partial charge in [-0.2, -0.15) is 13.9 Å². The molecule has 0 radical (unpaired) electrons. The van der Waals surface area contributed by atoms with Crippen molar-refractivity contribution < 1.29 is 13.5 Å². The third kappa shape index (κ3) is 3.56. The minimum Gasteiger partial charge on any atom is -0.434 e. The van der Waals surface area contributed by atoms with Crippen molar-refractivity contribution >= 4 is 0 Å². The monoisotopic (exact) mass is 296 g/mol. The van der Waals surface area contributed by atoms with Gasteiger partial charge in [-0.25, -0.2) is 5.43 Å². The lowest BCUT2D eigenvalue weighted by atomic mass is 10.0. The number of nitrogens with one attached hydrogen (secondary N) is 1. The number of para-hydroxylation sites is 1. The number of benzene rings is 1. The smallest absolute Gasteiger partial charge is 0.387 e. The lowest BCUT2D eigenvalue weighted by Gasteiger charge is -2.20. The summed E-state index contributed by atoms with van der Waals surface area (Å²) in [6.45, 7) is -0.132. The van der Waals surface area contributed by atoms with Gasteiger partial charge in [-0.1, -0.05) is 25.1 Å². The van der Waals surface area contributed by atoms with E-state index in [1.807, 2.05) is 6.92 Å². The standard InChI is InChI=1S/C14H18F2N4O/c1-2-9-20-11(7-8-18-20)13(19-17)10-5-3-4-6-12(10)21-14(15)16/h3-8,13-14,19H,2,9,17H2,1H3. The Morgan fingerprint density at radius 2 is 2.10 bits per heavy atom. The van der Waals surface area contributed by atoms with Gasteiger partial charge in [0, 0.05) is 18.3 Å². The van der Waals surface area contributed by atoms with Crippen molar-refractivity contribution in [3.63, 3.8) is 0 Å². The van der Waals surface area contributed by atoms with Gasteiger partial charge in [0.25, 0.3) is 0 Å². The summed E-state index contributed by atoms with van der Waals surface area (Å²) >= 11 is 0. The van der Waals surface area contributed by atoms with Crippen LogP contribution in [-0.4, -0.2) is 16.4 Å². The number of hydrazine groups is 1. The fourth-order valence-corrected chi connectivity index (χ4v) is 2.24. The van der Waals surface area contributed by atoms with E-state index in [0.717, 1.165) is 18.7 Å². The largest absolute Gasteiger partial charge is 0.434 e. The summed E-state index contributed by atoms with van der Waals surface area (Å²) in [5.74, 6) is 5.72. The van der Waals surface area contributed by atoms with Crippen LogP contribution in [0.1, 0.15) is 30.6 Å². The van der Waals surface area contributed by atoms with Crippen LogP contribution >= 0.6 is 0 Å². The summed E-state index contributed by atoms with van der Waals surface area (Å²) in [5.41, 5.74) is 3.98. The predicted octanol–water partition coefficient (Wildman–Crippen LogP) is 2.45. The van der Waals surface area contributed by atoms with Gasteiger partial charge in [0.05, 0.1) is 11.7 Å². The van der Waals surface area contributed by atoms with Gasteiger partial charge in [0.1, 0.15) is 5.75 Å². The molecule has 1 aromatic heterocycles. The van der Waals surface area contributed by atoms with Gasteiger partial charge in [0.2, 0.25) is 0 Å². The van der Waals surface area contributed by atoms with E-state index in [-0.39, 0.29) is 5.75 Å². The molecule has 2 aromatic rings. The van der Waals surface area contributed by atoms with E-state index >= 15 is 0 Å². The normalized spacial score (nSPS) is 12.6. The van der Waals surface area contributed by atoms with Gasteiger partial charge >= 0.3 is 6.61 Å². The van der Waals surface area contributed by atoms with E-state index in [1.165, 1.54) is 6.07 Å². The maximum atomic E-state index is 12.5. The fourth-order valence-electron chi connectivity index (χ4n) is 2.24. The molecule has 5 nitrogen and oxygen atoms in total. The number of aryl methyl sites for hydroxylation is 1. The number of ether oxygens (including phenoxy) is 1. The number of aromatic nitrogens is 2. The minimum atomic E-state index is -2.88. The summed E-state index contributed by atoms with van der Waals surface area (Å²) in [6, 6.07) is 7.91. The molecule has 0 aliphatic carbocycles. The number of hydrogen-bond donors (Lipinski definition) is 2. The molecule has 0 fully saturated rings. The fraction of sp³-hybridized carbons (Fsp3) is 0.357. The molecule has 0 saturated heterocycles. The van der Waals surface area contributed by atoms with Gasteiger partial charge in [-0.3, -0.25) is 10.5 Å². The Hall–Kier alpha value is -1.99. The second kappa shape index (κ2) is 7.14. The number of alkyl halides is 2. The second-order valence-corrected chi connectivity index (χ2v) is 4.50. The Balaban J connectivity index is 2.39. The van der Waals surface area contributed by atoms with Gasteiger partial charge in [0.15, 0.2) is 0 Å². The molecule has 1 heterocycles. The van der Waals surface area contributed by atoms with Crippen LogP contribution in [0.15, 0.2) is 36.5 Å². The number of nitrogens with two attached hydrogens (primary N) is 1. The van der Waals surface area contributed by atoms with Crippen molar-refractivity contribution in [1.29, 1.82) is 0 Å². The SMILES string of the molecule is CCCn1nccc1C(NN)c1ccccc1OC(F)F. The van der Waals surface area contributed by atoms with E-state index < -0.39 is 12.7 Å². The molecule has 0 bridgehead atoms. The van der Waals surface area contributed by atoms with E-state index in [9.17, 15) is 8.78 Å².